The molecule has 0 aromatic rings. The molecule has 0 unspecified atom stereocenters. The van der Waals surface area contributed by atoms with E-state index in [0.717, 1.165) is 12.3 Å². The van der Waals surface area contributed by atoms with E-state index in [-0.39, 0.29) is 5.75 Å². The molecule has 5 heteroatoms. The summed E-state index contributed by atoms with van der Waals surface area (Å²) < 4.78 is 26.0. The van der Waals surface area contributed by atoms with Gasteiger partial charge >= 0.3 is 0 Å². The van der Waals surface area contributed by atoms with Crippen molar-refractivity contribution in [2.24, 2.45) is 5.92 Å². The molecule has 2 saturated carbocycles. The first kappa shape index (κ1) is 13.3. The smallest absolute Gasteiger partial charge is 0.212 e. The van der Waals surface area contributed by atoms with Crippen LogP contribution in [0.1, 0.15) is 44.9 Å². The second kappa shape index (κ2) is 6.16. The summed E-state index contributed by atoms with van der Waals surface area (Å²) in [5.41, 5.74) is 0. The van der Waals surface area contributed by atoms with Crippen molar-refractivity contribution < 1.29 is 8.42 Å². The molecular weight excluding hydrogens is 236 g/mol. The maximum atomic E-state index is 11.7. The molecule has 2 aliphatic carbocycles. The van der Waals surface area contributed by atoms with Gasteiger partial charge in [-0.1, -0.05) is 25.7 Å². The lowest BCUT2D eigenvalue weighted by Gasteiger charge is -2.10. The van der Waals surface area contributed by atoms with Gasteiger partial charge in [-0.25, -0.2) is 13.1 Å². The Morgan fingerprint density at radius 1 is 1.00 bits per heavy atom. The SMILES string of the molecule is O=S(=O)(CCNC1CC1)NCCC1CCCC1. The third-order valence-electron chi connectivity index (χ3n) is 3.73. The first-order chi connectivity index (χ1) is 8.16. The van der Waals surface area contributed by atoms with Crippen LogP contribution >= 0.6 is 0 Å². The van der Waals surface area contributed by atoms with E-state index in [2.05, 4.69) is 10.0 Å². The van der Waals surface area contributed by atoms with Crippen LogP contribution in [0.3, 0.4) is 0 Å². The highest BCUT2D eigenvalue weighted by Crippen LogP contribution is 2.26. The second-order valence-corrected chi connectivity index (χ2v) is 7.31. The Bertz CT molecular complexity index is 319. The molecule has 0 amide bonds. The Labute approximate surface area is 105 Å². The molecule has 2 N–H and O–H groups in total. The molecule has 2 aliphatic rings. The summed E-state index contributed by atoms with van der Waals surface area (Å²) in [5, 5.41) is 3.23. The standard InChI is InChI=1S/C12H24N2O2S/c15-17(16,10-9-13-12-5-6-12)14-8-7-11-3-1-2-4-11/h11-14H,1-10H2. The highest BCUT2D eigenvalue weighted by atomic mass is 32.2. The number of rotatable bonds is 8. The van der Waals surface area contributed by atoms with Crippen LogP contribution in [0.5, 0.6) is 0 Å². The molecule has 17 heavy (non-hydrogen) atoms. The van der Waals surface area contributed by atoms with Crippen molar-refractivity contribution in [1.29, 1.82) is 0 Å². The summed E-state index contributed by atoms with van der Waals surface area (Å²) in [6, 6.07) is 0.587. The zero-order chi connectivity index (χ0) is 12.1. The van der Waals surface area contributed by atoms with E-state index in [4.69, 9.17) is 0 Å². The van der Waals surface area contributed by atoms with Gasteiger partial charge in [-0.15, -0.1) is 0 Å². The van der Waals surface area contributed by atoms with Crippen molar-refractivity contribution in [3.05, 3.63) is 0 Å². The van der Waals surface area contributed by atoms with Gasteiger partial charge in [-0.2, -0.15) is 0 Å². The number of hydrogen-bond acceptors (Lipinski definition) is 3. The first-order valence-corrected chi connectivity index (χ1v) is 8.52. The quantitative estimate of drug-likeness (QED) is 0.690. The minimum atomic E-state index is -3.05. The van der Waals surface area contributed by atoms with Gasteiger partial charge in [0.15, 0.2) is 0 Å². The van der Waals surface area contributed by atoms with Crippen molar-refractivity contribution in [3.63, 3.8) is 0 Å². The molecule has 100 valence electrons. The molecule has 0 aromatic carbocycles. The predicted octanol–water partition coefficient (Wildman–Crippen LogP) is 1.24. The fraction of sp³-hybridized carbons (Fsp3) is 1.00. The van der Waals surface area contributed by atoms with Crippen LogP contribution in [0.2, 0.25) is 0 Å². The minimum Gasteiger partial charge on any atom is -0.313 e. The largest absolute Gasteiger partial charge is 0.313 e. The van der Waals surface area contributed by atoms with Crippen LogP contribution < -0.4 is 10.0 Å². The molecule has 0 saturated heterocycles. The predicted molar refractivity (Wildman–Crippen MR) is 69.4 cm³/mol. The number of hydrogen-bond donors (Lipinski definition) is 2. The van der Waals surface area contributed by atoms with E-state index in [0.29, 0.717) is 19.1 Å². The lowest BCUT2D eigenvalue weighted by Crippen LogP contribution is -2.33. The highest BCUT2D eigenvalue weighted by Gasteiger charge is 2.21. The Morgan fingerprint density at radius 2 is 1.71 bits per heavy atom. The van der Waals surface area contributed by atoms with Crippen LogP contribution in [-0.2, 0) is 10.0 Å². The Kier molecular flexibility index (Phi) is 4.82. The fourth-order valence-electron chi connectivity index (χ4n) is 2.47. The van der Waals surface area contributed by atoms with E-state index < -0.39 is 10.0 Å². The zero-order valence-electron chi connectivity index (χ0n) is 10.5. The van der Waals surface area contributed by atoms with Gasteiger partial charge in [-0.3, -0.25) is 0 Å². The molecule has 0 heterocycles. The van der Waals surface area contributed by atoms with Crippen LogP contribution in [0, 0.1) is 5.92 Å². The molecule has 0 bridgehead atoms. The highest BCUT2D eigenvalue weighted by molar-refractivity contribution is 7.89. The van der Waals surface area contributed by atoms with E-state index in [1.54, 1.807) is 0 Å². The summed E-state index contributed by atoms with van der Waals surface area (Å²) in [7, 11) is -3.05. The summed E-state index contributed by atoms with van der Waals surface area (Å²) in [4.78, 5) is 0. The van der Waals surface area contributed by atoms with Gasteiger partial charge in [0.25, 0.3) is 0 Å². The molecule has 0 aromatic heterocycles. The van der Waals surface area contributed by atoms with Gasteiger partial charge in [-0.05, 0) is 25.2 Å². The van der Waals surface area contributed by atoms with Gasteiger partial charge in [0, 0.05) is 19.1 Å². The first-order valence-electron chi connectivity index (χ1n) is 6.86. The lowest BCUT2D eigenvalue weighted by molar-refractivity contribution is 0.495. The number of nitrogens with one attached hydrogen (secondary N) is 2. The molecule has 2 rings (SSSR count). The molecule has 4 nitrogen and oxygen atoms in total. The number of sulfonamides is 1. The van der Waals surface area contributed by atoms with Crippen LogP contribution in [0.25, 0.3) is 0 Å². The van der Waals surface area contributed by atoms with Crippen molar-refractivity contribution in [1.82, 2.24) is 10.0 Å². The molecule has 2 fully saturated rings. The summed E-state index contributed by atoms with van der Waals surface area (Å²) in [6.45, 7) is 1.21. The van der Waals surface area contributed by atoms with Crippen LogP contribution in [0.15, 0.2) is 0 Å². The van der Waals surface area contributed by atoms with Gasteiger partial charge in [0.05, 0.1) is 5.75 Å². The third-order valence-corrected chi connectivity index (χ3v) is 5.12. The van der Waals surface area contributed by atoms with E-state index >= 15 is 0 Å². The maximum absolute atomic E-state index is 11.7. The maximum Gasteiger partial charge on any atom is 0.212 e. The van der Waals surface area contributed by atoms with Crippen LogP contribution in [-0.4, -0.2) is 33.3 Å². The second-order valence-electron chi connectivity index (χ2n) is 5.38. The topological polar surface area (TPSA) is 58.2 Å². The Hall–Kier alpha value is -0.130. The van der Waals surface area contributed by atoms with Crippen molar-refractivity contribution >= 4 is 10.0 Å². The molecule has 0 radical (unpaired) electrons. The summed E-state index contributed by atoms with van der Waals surface area (Å²) in [5.74, 6) is 0.969. The summed E-state index contributed by atoms with van der Waals surface area (Å²) in [6.07, 6.45) is 8.63. The molecular formula is C12H24N2O2S. The minimum absolute atomic E-state index is 0.216. The third kappa shape index (κ3) is 5.36. The monoisotopic (exact) mass is 260 g/mol. The van der Waals surface area contributed by atoms with Gasteiger partial charge in [0.2, 0.25) is 10.0 Å². The average Bonchev–Trinajstić information content (AvgIpc) is 2.93. The molecule has 0 atom stereocenters. The zero-order valence-corrected chi connectivity index (χ0v) is 11.3. The van der Waals surface area contributed by atoms with Crippen LogP contribution in [0.4, 0.5) is 0 Å². The summed E-state index contributed by atoms with van der Waals surface area (Å²) >= 11 is 0. The van der Waals surface area contributed by atoms with Gasteiger partial charge in [0.1, 0.15) is 0 Å². The lowest BCUT2D eigenvalue weighted by atomic mass is 10.1. The van der Waals surface area contributed by atoms with Crippen molar-refractivity contribution in [3.8, 4) is 0 Å². The normalized spacial score (nSPS) is 22.1. The van der Waals surface area contributed by atoms with Crippen molar-refractivity contribution in [2.75, 3.05) is 18.8 Å². The van der Waals surface area contributed by atoms with Gasteiger partial charge < -0.3 is 5.32 Å². The fourth-order valence-corrected chi connectivity index (χ4v) is 3.43. The Balaban J connectivity index is 1.55. The van der Waals surface area contributed by atoms with E-state index in [1.807, 2.05) is 0 Å². The van der Waals surface area contributed by atoms with E-state index in [9.17, 15) is 8.42 Å². The van der Waals surface area contributed by atoms with Crippen molar-refractivity contribution in [2.45, 2.75) is 51.0 Å². The molecule has 0 spiro atoms. The van der Waals surface area contributed by atoms with E-state index in [1.165, 1.54) is 38.5 Å². The Morgan fingerprint density at radius 3 is 2.35 bits per heavy atom. The average molecular weight is 260 g/mol. The molecule has 0 aliphatic heterocycles.